The summed E-state index contributed by atoms with van der Waals surface area (Å²) in [5.41, 5.74) is 1.23. The largest absolute Gasteiger partial charge is 0.465 e. The first kappa shape index (κ1) is 12.9. The Labute approximate surface area is 107 Å². The first-order chi connectivity index (χ1) is 8.55. The van der Waals surface area contributed by atoms with E-state index in [1.165, 1.54) is 10.5 Å². The van der Waals surface area contributed by atoms with Crippen LogP contribution in [0.15, 0.2) is 24.3 Å². The molecule has 0 aliphatic carbocycles. The van der Waals surface area contributed by atoms with E-state index >= 15 is 0 Å². The molecule has 4 nitrogen and oxygen atoms in total. The predicted molar refractivity (Wildman–Crippen MR) is 68.5 cm³/mol. The number of piperidine rings is 1. The smallest absolute Gasteiger partial charge is 0.407 e. The van der Waals surface area contributed by atoms with Crippen molar-refractivity contribution in [3.63, 3.8) is 0 Å². The van der Waals surface area contributed by atoms with Crippen LogP contribution in [-0.2, 0) is 12.0 Å². The lowest BCUT2D eigenvalue weighted by Crippen LogP contribution is -2.44. The van der Waals surface area contributed by atoms with Gasteiger partial charge in [-0.2, -0.15) is 0 Å². The maximum absolute atomic E-state index is 10.8. The molecule has 2 N–H and O–H groups in total. The van der Waals surface area contributed by atoms with Gasteiger partial charge < -0.3 is 15.1 Å². The van der Waals surface area contributed by atoms with Crippen molar-refractivity contribution in [3.05, 3.63) is 35.4 Å². The van der Waals surface area contributed by atoms with Crippen LogP contribution < -0.4 is 0 Å². The summed E-state index contributed by atoms with van der Waals surface area (Å²) in [6.07, 6.45) is 0.962. The molecule has 1 heterocycles. The number of likely N-dealkylation sites (tertiary alicyclic amines) is 1. The van der Waals surface area contributed by atoms with E-state index in [0.717, 1.165) is 12.0 Å². The summed E-state index contributed by atoms with van der Waals surface area (Å²) < 4.78 is 0. The monoisotopic (exact) mass is 249 g/mol. The van der Waals surface area contributed by atoms with Crippen LogP contribution in [0.4, 0.5) is 4.79 Å². The molecule has 1 fully saturated rings. The highest BCUT2D eigenvalue weighted by Crippen LogP contribution is 2.33. The Hall–Kier alpha value is -1.55. The van der Waals surface area contributed by atoms with E-state index in [0.29, 0.717) is 25.9 Å². The SMILES string of the molecule is CCc1cccc(C2(O)CCN(C(=O)O)CC2)c1. The van der Waals surface area contributed by atoms with E-state index in [2.05, 4.69) is 6.92 Å². The van der Waals surface area contributed by atoms with Gasteiger partial charge in [0.05, 0.1) is 5.60 Å². The first-order valence-electron chi connectivity index (χ1n) is 6.35. The molecule has 18 heavy (non-hydrogen) atoms. The highest BCUT2D eigenvalue weighted by Gasteiger charge is 2.35. The number of rotatable bonds is 2. The lowest BCUT2D eigenvalue weighted by Gasteiger charge is -2.37. The second-order valence-corrected chi connectivity index (χ2v) is 4.86. The highest BCUT2D eigenvalue weighted by atomic mass is 16.4. The summed E-state index contributed by atoms with van der Waals surface area (Å²) in [6.45, 7) is 2.86. The molecule has 2 rings (SSSR count). The minimum atomic E-state index is -0.903. The highest BCUT2D eigenvalue weighted by molar-refractivity contribution is 5.65. The van der Waals surface area contributed by atoms with E-state index in [-0.39, 0.29) is 0 Å². The van der Waals surface area contributed by atoms with Crippen LogP contribution in [0.5, 0.6) is 0 Å². The molecule has 0 radical (unpaired) electrons. The lowest BCUT2D eigenvalue weighted by molar-refractivity contribution is -0.0213. The van der Waals surface area contributed by atoms with Crippen LogP contribution in [-0.4, -0.2) is 34.3 Å². The fourth-order valence-electron chi connectivity index (χ4n) is 2.44. The molecule has 1 aromatic carbocycles. The third kappa shape index (κ3) is 2.48. The Morgan fingerprint density at radius 3 is 2.61 bits per heavy atom. The molecule has 0 unspecified atom stereocenters. The predicted octanol–water partition coefficient (Wildman–Crippen LogP) is 2.21. The van der Waals surface area contributed by atoms with Gasteiger partial charge in [-0.25, -0.2) is 4.79 Å². The maximum Gasteiger partial charge on any atom is 0.407 e. The van der Waals surface area contributed by atoms with Crippen molar-refractivity contribution < 1.29 is 15.0 Å². The van der Waals surface area contributed by atoms with E-state index in [1.54, 1.807) is 0 Å². The van der Waals surface area contributed by atoms with Crippen molar-refractivity contribution in [2.75, 3.05) is 13.1 Å². The summed E-state index contributed by atoms with van der Waals surface area (Å²) in [7, 11) is 0. The van der Waals surface area contributed by atoms with Gasteiger partial charge in [-0.3, -0.25) is 0 Å². The second kappa shape index (κ2) is 4.98. The molecule has 0 atom stereocenters. The van der Waals surface area contributed by atoms with E-state index in [4.69, 9.17) is 5.11 Å². The average molecular weight is 249 g/mol. The van der Waals surface area contributed by atoms with Crippen LogP contribution in [0.25, 0.3) is 0 Å². The van der Waals surface area contributed by atoms with Gasteiger partial charge in [0, 0.05) is 13.1 Å². The molecule has 1 amide bonds. The number of nitrogens with zero attached hydrogens (tertiary/aromatic N) is 1. The zero-order valence-corrected chi connectivity index (χ0v) is 10.6. The molecule has 0 aromatic heterocycles. The van der Waals surface area contributed by atoms with E-state index < -0.39 is 11.7 Å². The summed E-state index contributed by atoms with van der Waals surface area (Å²) in [5.74, 6) is 0. The lowest BCUT2D eigenvalue weighted by atomic mass is 9.84. The Morgan fingerprint density at radius 2 is 2.06 bits per heavy atom. The van der Waals surface area contributed by atoms with Crippen molar-refractivity contribution in [2.24, 2.45) is 0 Å². The third-order valence-corrected chi connectivity index (χ3v) is 3.73. The molecule has 0 bridgehead atoms. The average Bonchev–Trinajstić information content (AvgIpc) is 2.39. The van der Waals surface area contributed by atoms with Crippen LogP contribution in [0.1, 0.15) is 30.9 Å². The van der Waals surface area contributed by atoms with Gasteiger partial charge in [0.1, 0.15) is 0 Å². The molecule has 1 aliphatic heterocycles. The second-order valence-electron chi connectivity index (χ2n) is 4.86. The number of benzene rings is 1. The Kier molecular flexibility index (Phi) is 3.57. The number of carboxylic acid groups (broad SMARTS) is 1. The number of aliphatic hydroxyl groups is 1. The van der Waals surface area contributed by atoms with Crippen molar-refractivity contribution >= 4 is 6.09 Å². The van der Waals surface area contributed by atoms with Crippen LogP contribution in [0, 0.1) is 0 Å². The van der Waals surface area contributed by atoms with Crippen molar-refractivity contribution in [1.29, 1.82) is 0 Å². The number of amides is 1. The van der Waals surface area contributed by atoms with Crippen LogP contribution >= 0.6 is 0 Å². The fraction of sp³-hybridized carbons (Fsp3) is 0.500. The van der Waals surface area contributed by atoms with Gasteiger partial charge in [-0.15, -0.1) is 0 Å². The third-order valence-electron chi connectivity index (χ3n) is 3.73. The van der Waals surface area contributed by atoms with Gasteiger partial charge >= 0.3 is 6.09 Å². The Balaban J connectivity index is 2.15. The Morgan fingerprint density at radius 1 is 1.39 bits per heavy atom. The molecule has 98 valence electrons. The zero-order chi connectivity index (χ0) is 13.2. The van der Waals surface area contributed by atoms with Crippen molar-refractivity contribution in [3.8, 4) is 0 Å². The molecule has 0 saturated carbocycles. The topological polar surface area (TPSA) is 60.8 Å². The maximum atomic E-state index is 10.8. The van der Waals surface area contributed by atoms with Gasteiger partial charge in [-0.05, 0) is 30.4 Å². The molecule has 4 heteroatoms. The quantitative estimate of drug-likeness (QED) is 0.844. The molecule has 1 saturated heterocycles. The molecule has 0 spiro atoms. The minimum absolute atomic E-state index is 0.391. The number of aryl methyl sites for hydroxylation is 1. The molecular weight excluding hydrogens is 230 g/mol. The van der Waals surface area contributed by atoms with Crippen molar-refractivity contribution in [2.45, 2.75) is 31.8 Å². The summed E-state index contributed by atoms with van der Waals surface area (Å²) in [5, 5.41) is 19.5. The fourth-order valence-corrected chi connectivity index (χ4v) is 2.44. The van der Waals surface area contributed by atoms with Crippen LogP contribution in [0.3, 0.4) is 0 Å². The number of carbonyl (C=O) groups is 1. The van der Waals surface area contributed by atoms with Crippen LogP contribution in [0.2, 0.25) is 0 Å². The van der Waals surface area contributed by atoms with E-state index in [9.17, 15) is 9.90 Å². The molecule has 1 aromatic rings. The molecule has 1 aliphatic rings. The standard InChI is InChI=1S/C14H19NO3/c1-2-11-4-3-5-12(10-11)14(18)6-8-15(9-7-14)13(16)17/h3-5,10,18H,2,6-9H2,1H3,(H,16,17). The Bertz CT molecular complexity index is 436. The van der Waals surface area contributed by atoms with Gasteiger partial charge in [0.25, 0.3) is 0 Å². The van der Waals surface area contributed by atoms with Crippen molar-refractivity contribution in [1.82, 2.24) is 4.90 Å². The number of hydrogen-bond acceptors (Lipinski definition) is 2. The minimum Gasteiger partial charge on any atom is -0.465 e. The molecular formula is C14H19NO3. The zero-order valence-electron chi connectivity index (χ0n) is 10.6. The van der Waals surface area contributed by atoms with Gasteiger partial charge in [0.15, 0.2) is 0 Å². The normalized spacial score (nSPS) is 18.7. The van der Waals surface area contributed by atoms with E-state index in [1.807, 2.05) is 24.3 Å². The summed E-state index contributed by atoms with van der Waals surface area (Å²) >= 11 is 0. The number of hydrogen-bond donors (Lipinski definition) is 2. The summed E-state index contributed by atoms with van der Waals surface area (Å²) in [4.78, 5) is 12.2. The first-order valence-corrected chi connectivity index (χ1v) is 6.35. The van der Waals surface area contributed by atoms with Gasteiger partial charge in [-0.1, -0.05) is 31.2 Å². The summed E-state index contributed by atoms with van der Waals surface area (Å²) in [6, 6.07) is 7.95. The van der Waals surface area contributed by atoms with Gasteiger partial charge in [0.2, 0.25) is 0 Å².